The Morgan fingerprint density at radius 3 is 2.48 bits per heavy atom. The molecule has 8 heteroatoms. The second-order valence-corrected chi connectivity index (χ2v) is 7.05. The van der Waals surface area contributed by atoms with Gasteiger partial charge in [-0.1, -0.05) is 24.3 Å². The van der Waals surface area contributed by atoms with Crippen LogP contribution in [0.2, 0.25) is 0 Å². The highest BCUT2D eigenvalue weighted by Gasteiger charge is 2.14. The van der Waals surface area contributed by atoms with E-state index in [0.717, 1.165) is 6.07 Å². The Morgan fingerprint density at radius 2 is 1.74 bits per heavy atom. The largest absolute Gasteiger partial charge is 0.280 e. The molecule has 0 aliphatic rings. The molecular formula is C23H18F2N4O2. The molecule has 2 N–H and O–H groups in total. The van der Waals surface area contributed by atoms with Crippen molar-refractivity contribution < 1.29 is 13.6 Å². The number of amides is 1. The maximum absolute atomic E-state index is 14.7. The predicted molar refractivity (Wildman–Crippen MR) is 115 cm³/mol. The van der Waals surface area contributed by atoms with Gasteiger partial charge in [0.1, 0.15) is 11.6 Å². The van der Waals surface area contributed by atoms with Crippen LogP contribution < -0.4 is 16.4 Å². The maximum Gasteiger partial charge on any atom is 0.269 e. The van der Waals surface area contributed by atoms with Gasteiger partial charge in [-0.15, -0.1) is 0 Å². The molecule has 0 atom stereocenters. The summed E-state index contributed by atoms with van der Waals surface area (Å²) < 4.78 is 29.3. The average Bonchev–Trinajstić information content (AvgIpc) is 2.75. The third-order valence-corrected chi connectivity index (χ3v) is 4.98. The van der Waals surface area contributed by atoms with Gasteiger partial charge < -0.3 is 0 Å². The van der Waals surface area contributed by atoms with E-state index < -0.39 is 17.5 Å². The summed E-state index contributed by atoms with van der Waals surface area (Å²) in [4.78, 5) is 29.2. The fourth-order valence-electron chi connectivity index (χ4n) is 3.32. The van der Waals surface area contributed by atoms with Gasteiger partial charge in [-0.05, 0) is 54.4 Å². The molecule has 0 radical (unpaired) electrons. The number of nitrogens with one attached hydrogen (secondary N) is 2. The van der Waals surface area contributed by atoms with Gasteiger partial charge in [0, 0.05) is 18.2 Å². The number of anilines is 1. The summed E-state index contributed by atoms with van der Waals surface area (Å²) >= 11 is 0. The van der Waals surface area contributed by atoms with Crippen molar-refractivity contribution in [3.05, 3.63) is 93.8 Å². The molecule has 0 saturated heterocycles. The second kappa shape index (κ2) is 7.98. The van der Waals surface area contributed by atoms with Gasteiger partial charge in [0.05, 0.1) is 10.9 Å². The number of hydrogen-bond acceptors (Lipinski definition) is 4. The lowest BCUT2D eigenvalue weighted by atomic mass is 9.98. The Labute approximate surface area is 176 Å². The van der Waals surface area contributed by atoms with Gasteiger partial charge in [-0.3, -0.25) is 25.0 Å². The first-order valence-corrected chi connectivity index (χ1v) is 9.43. The molecule has 0 spiro atoms. The van der Waals surface area contributed by atoms with Crippen molar-refractivity contribution in [3.63, 3.8) is 0 Å². The van der Waals surface area contributed by atoms with Crippen LogP contribution in [0.15, 0.2) is 65.5 Å². The van der Waals surface area contributed by atoms with Gasteiger partial charge in [0.2, 0.25) is 5.95 Å². The molecule has 0 unspecified atom stereocenters. The lowest BCUT2D eigenvalue weighted by molar-refractivity contribution is 0.0961. The zero-order chi connectivity index (χ0) is 22.1. The first kappa shape index (κ1) is 20.2. The Hall–Kier alpha value is -4.07. The van der Waals surface area contributed by atoms with Crippen LogP contribution in [0.4, 0.5) is 14.7 Å². The van der Waals surface area contributed by atoms with Crippen LogP contribution in [0.5, 0.6) is 0 Å². The number of aromatic nitrogens is 2. The fraction of sp³-hybridized carbons (Fsp3) is 0.0870. The number of fused-ring (bicyclic) bond motifs is 1. The minimum atomic E-state index is -0.612. The number of hydrazine groups is 1. The molecule has 0 bridgehead atoms. The highest BCUT2D eigenvalue weighted by molar-refractivity contribution is 5.95. The molecule has 4 aromatic rings. The Balaban J connectivity index is 1.56. The molecular weight excluding hydrogens is 402 g/mol. The fourth-order valence-corrected chi connectivity index (χ4v) is 3.32. The van der Waals surface area contributed by atoms with Crippen LogP contribution in [-0.4, -0.2) is 15.5 Å². The van der Waals surface area contributed by atoms with Crippen molar-refractivity contribution in [3.8, 4) is 11.1 Å². The number of benzene rings is 3. The third kappa shape index (κ3) is 3.87. The van der Waals surface area contributed by atoms with E-state index in [9.17, 15) is 18.4 Å². The third-order valence-electron chi connectivity index (χ3n) is 4.98. The van der Waals surface area contributed by atoms with E-state index in [0.29, 0.717) is 22.0 Å². The second-order valence-electron chi connectivity index (χ2n) is 7.05. The van der Waals surface area contributed by atoms with Crippen molar-refractivity contribution in [2.45, 2.75) is 6.92 Å². The summed E-state index contributed by atoms with van der Waals surface area (Å²) in [5.74, 6) is -1.49. The number of para-hydroxylation sites is 1. The summed E-state index contributed by atoms with van der Waals surface area (Å²) in [6.45, 7) is 1.68. The van der Waals surface area contributed by atoms with E-state index in [2.05, 4.69) is 15.8 Å². The Bertz CT molecular complexity index is 1380. The molecule has 4 rings (SSSR count). The predicted octanol–water partition coefficient (Wildman–Crippen LogP) is 3.94. The first-order chi connectivity index (χ1) is 14.8. The zero-order valence-corrected chi connectivity index (χ0v) is 16.7. The average molecular weight is 420 g/mol. The molecule has 0 aliphatic carbocycles. The molecule has 0 aliphatic heterocycles. The number of halogens is 2. The van der Waals surface area contributed by atoms with E-state index in [-0.39, 0.29) is 22.6 Å². The highest BCUT2D eigenvalue weighted by Crippen LogP contribution is 2.27. The lowest BCUT2D eigenvalue weighted by Crippen LogP contribution is -2.33. The minimum absolute atomic E-state index is 0.0688. The number of aryl methyl sites for hydroxylation is 1. The van der Waals surface area contributed by atoms with Crippen LogP contribution in [0.1, 0.15) is 15.9 Å². The van der Waals surface area contributed by atoms with Gasteiger partial charge in [-0.2, -0.15) is 0 Å². The molecule has 1 aromatic heterocycles. The van der Waals surface area contributed by atoms with E-state index in [1.165, 1.54) is 41.9 Å². The normalized spacial score (nSPS) is 10.8. The van der Waals surface area contributed by atoms with Gasteiger partial charge >= 0.3 is 0 Å². The number of hydrogen-bond donors (Lipinski definition) is 2. The van der Waals surface area contributed by atoms with Crippen molar-refractivity contribution in [1.82, 2.24) is 15.0 Å². The molecule has 31 heavy (non-hydrogen) atoms. The standard InChI is InChI=1S/C23H18F2N4O2/c1-13-11-15(24)8-10-16(13)17-9-7-14(12-19(17)25)21(30)27-28-23-26-20-6-4-3-5-18(20)22(31)29(23)2/h3-12H,1-2H3,(H,26,28)(H,27,30). The van der Waals surface area contributed by atoms with E-state index in [4.69, 9.17) is 0 Å². The number of carbonyl (C=O) groups is 1. The van der Waals surface area contributed by atoms with Crippen molar-refractivity contribution in [1.29, 1.82) is 0 Å². The Morgan fingerprint density at radius 1 is 1.00 bits per heavy atom. The van der Waals surface area contributed by atoms with E-state index in [1.807, 2.05) is 0 Å². The number of rotatable bonds is 4. The summed E-state index contributed by atoms with van der Waals surface area (Å²) in [7, 11) is 1.52. The number of carbonyl (C=O) groups excluding carboxylic acids is 1. The summed E-state index contributed by atoms with van der Waals surface area (Å²) in [6, 6.07) is 15.0. The molecule has 6 nitrogen and oxygen atoms in total. The van der Waals surface area contributed by atoms with Crippen LogP contribution in [-0.2, 0) is 7.05 Å². The summed E-state index contributed by atoms with van der Waals surface area (Å²) in [5.41, 5.74) is 6.71. The topological polar surface area (TPSA) is 76.0 Å². The van der Waals surface area contributed by atoms with E-state index in [1.54, 1.807) is 31.2 Å². The summed E-state index contributed by atoms with van der Waals surface area (Å²) in [5, 5.41) is 0.454. The van der Waals surface area contributed by atoms with Crippen LogP contribution >= 0.6 is 0 Å². The number of nitrogens with zero attached hydrogens (tertiary/aromatic N) is 2. The highest BCUT2D eigenvalue weighted by atomic mass is 19.1. The first-order valence-electron chi connectivity index (χ1n) is 9.43. The monoisotopic (exact) mass is 420 g/mol. The maximum atomic E-state index is 14.7. The van der Waals surface area contributed by atoms with E-state index >= 15 is 0 Å². The molecule has 3 aromatic carbocycles. The van der Waals surface area contributed by atoms with Crippen molar-refractivity contribution >= 4 is 22.8 Å². The molecule has 0 saturated carbocycles. The molecule has 1 amide bonds. The van der Waals surface area contributed by atoms with Crippen LogP contribution in [0.3, 0.4) is 0 Å². The van der Waals surface area contributed by atoms with Crippen molar-refractivity contribution in [2.24, 2.45) is 7.05 Å². The quantitative estimate of drug-likeness (QED) is 0.491. The van der Waals surface area contributed by atoms with Crippen LogP contribution in [0, 0.1) is 18.6 Å². The van der Waals surface area contributed by atoms with Gasteiger partial charge in [0.25, 0.3) is 11.5 Å². The van der Waals surface area contributed by atoms with Gasteiger partial charge in [-0.25, -0.2) is 13.8 Å². The van der Waals surface area contributed by atoms with Gasteiger partial charge in [0.15, 0.2) is 0 Å². The zero-order valence-electron chi connectivity index (χ0n) is 16.7. The molecule has 0 fully saturated rings. The smallest absolute Gasteiger partial charge is 0.269 e. The minimum Gasteiger partial charge on any atom is -0.280 e. The van der Waals surface area contributed by atoms with Crippen molar-refractivity contribution in [2.75, 3.05) is 5.43 Å². The Kier molecular flexibility index (Phi) is 5.21. The molecule has 156 valence electrons. The lowest BCUT2D eigenvalue weighted by Gasteiger charge is -2.13. The summed E-state index contributed by atoms with van der Waals surface area (Å²) in [6.07, 6.45) is 0. The molecule has 1 heterocycles. The SMILES string of the molecule is Cc1cc(F)ccc1-c1ccc(C(=O)NNc2nc3ccccc3c(=O)n2C)cc1F. The van der Waals surface area contributed by atoms with Crippen LogP contribution in [0.25, 0.3) is 22.0 Å².